The minimum absolute atomic E-state index is 0.0878. The second kappa shape index (κ2) is 10.0. The number of alkyl carbamates (subject to hydrolysis) is 1. The molecule has 0 radical (unpaired) electrons. The zero-order chi connectivity index (χ0) is 27.9. The highest BCUT2D eigenvalue weighted by Gasteiger charge is 2.48. The van der Waals surface area contributed by atoms with Gasteiger partial charge in [-0.15, -0.1) is 0 Å². The zero-order valence-corrected chi connectivity index (χ0v) is 22.9. The number of nitrogens with zero attached hydrogens (tertiary/aromatic N) is 4. The molecule has 1 spiro atoms. The van der Waals surface area contributed by atoms with Crippen molar-refractivity contribution in [2.24, 2.45) is 5.41 Å². The van der Waals surface area contributed by atoms with E-state index in [0.29, 0.717) is 22.8 Å². The Morgan fingerprint density at radius 1 is 1.02 bits per heavy atom. The predicted octanol–water partition coefficient (Wildman–Crippen LogP) is 6.36. The highest BCUT2D eigenvalue weighted by Crippen LogP contribution is 2.52. The summed E-state index contributed by atoms with van der Waals surface area (Å²) < 4.78 is 24.5. The van der Waals surface area contributed by atoms with Crippen LogP contribution in [0.4, 0.5) is 15.0 Å². The number of hydrogen-bond acceptors (Lipinski definition) is 7. The Labute approximate surface area is 232 Å². The van der Waals surface area contributed by atoms with Gasteiger partial charge in [0, 0.05) is 24.6 Å². The molecule has 9 heteroatoms. The summed E-state index contributed by atoms with van der Waals surface area (Å²) in [6, 6.07) is 17.6. The van der Waals surface area contributed by atoms with E-state index in [-0.39, 0.29) is 23.4 Å². The summed E-state index contributed by atoms with van der Waals surface area (Å²) in [5.41, 5.74) is 2.96. The molecule has 1 atom stereocenters. The molecule has 2 aromatic carbocycles. The van der Waals surface area contributed by atoms with E-state index in [4.69, 9.17) is 14.5 Å². The maximum Gasteiger partial charge on any atom is 0.408 e. The van der Waals surface area contributed by atoms with E-state index in [2.05, 4.69) is 38.4 Å². The average Bonchev–Trinajstić information content (AvgIpc) is 3.21. The van der Waals surface area contributed by atoms with Crippen LogP contribution >= 0.6 is 0 Å². The van der Waals surface area contributed by atoms with Crippen LogP contribution in [0.2, 0.25) is 0 Å². The maximum absolute atomic E-state index is 13.2. The Balaban J connectivity index is 1.17. The van der Waals surface area contributed by atoms with Crippen molar-refractivity contribution in [1.82, 2.24) is 20.3 Å². The number of rotatable bonds is 4. The maximum atomic E-state index is 13.2. The first kappa shape index (κ1) is 26.0. The van der Waals surface area contributed by atoms with E-state index >= 15 is 0 Å². The van der Waals surface area contributed by atoms with Crippen LogP contribution in [0.3, 0.4) is 0 Å². The van der Waals surface area contributed by atoms with Gasteiger partial charge in [0.2, 0.25) is 5.88 Å². The highest BCUT2D eigenvalue weighted by molar-refractivity contribution is 5.72. The fourth-order valence-electron chi connectivity index (χ4n) is 5.80. The molecule has 40 heavy (non-hydrogen) atoms. The molecule has 2 aliphatic rings. The standard InChI is InChI=1S/C31H32FN5O3/c1-30(2,3)40-29(38)36-27-23-7-5-4-6-20(23)18-31(27)14-16-37(17-15-31)25-19-33-28-24(34-25)12-13-26(35-28)39-22-10-8-21(32)9-11-22/h4-13,19,27H,14-18H2,1-3H3,(H,36,38)/t27-/m1/s1. The van der Waals surface area contributed by atoms with E-state index < -0.39 is 5.60 Å². The number of hydrogen-bond donors (Lipinski definition) is 1. The van der Waals surface area contributed by atoms with Crippen molar-refractivity contribution in [2.75, 3.05) is 18.0 Å². The Morgan fingerprint density at radius 2 is 1.77 bits per heavy atom. The summed E-state index contributed by atoms with van der Waals surface area (Å²) in [6.07, 6.45) is 4.07. The van der Waals surface area contributed by atoms with Gasteiger partial charge in [0.05, 0.1) is 12.2 Å². The quantitative estimate of drug-likeness (QED) is 0.321. The van der Waals surface area contributed by atoms with Crippen LogP contribution in [0.25, 0.3) is 11.2 Å². The number of fused-ring (bicyclic) bond motifs is 2. The normalized spacial score (nSPS) is 18.0. The van der Waals surface area contributed by atoms with Gasteiger partial charge in [0.25, 0.3) is 0 Å². The molecule has 2 aromatic heterocycles. The van der Waals surface area contributed by atoms with Gasteiger partial charge >= 0.3 is 6.09 Å². The second-order valence-corrected chi connectivity index (χ2v) is 11.6. The topological polar surface area (TPSA) is 89.5 Å². The van der Waals surface area contributed by atoms with Crippen LogP contribution in [-0.4, -0.2) is 39.7 Å². The van der Waals surface area contributed by atoms with Crippen molar-refractivity contribution in [3.8, 4) is 11.6 Å². The monoisotopic (exact) mass is 541 g/mol. The molecule has 8 nitrogen and oxygen atoms in total. The van der Waals surface area contributed by atoms with E-state index in [1.54, 1.807) is 24.4 Å². The van der Waals surface area contributed by atoms with Gasteiger partial charge in [-0.1, -0.05) is 24.3 Å². The fourth-order valence-corrected chi connectivity index (χ4v) is 5.80. The molecule has 1 aliphatic heterocycles. The van der Waals surface area contributed by atoms with Crippen LogP contribution in [0, 0.1) is 11.2 Å². The number of aromatic nitrogens is 3. The molecule has 0 saturated carbocycles. The van der Waals surface area contributed by atoms with Crippen molar-refractivity contribution in [2.45, 2.75) is 51.7 Å². The number of piperidine rings is 1. The molecule has 4 aromatic rings. The number of carbonyl (C=O) groups is 1. The number of ether oxygens (including phenoxy) is 2. The number of benzene rings is 2. The van der Waals surface area contributed by atoms with Crippen molar-refractivity contribution >= 4 is 23.1 Å². The van der Waals surface area contributed by atoms with E-state index in [1.165, 1.54) is 23.3 Å². The lowest BCUT2D eigenvalue weighted by Gasteiger charge is -2.43. The number of nitrogens with one attached hydrogen (secondary N) is 1. The Bertz CT molecular complexity index is 1550. The zero-order valence-electron chi connectivity index (χ0n) is 22.9. The number of carbonyl (C=O) groups excluding carboxylic acids is 1. The Morgan fingerprint density at radius 3 is 2.52 bits per heavy atom. The van der Waals surface area contributed by atoms with E-state index in [9.17, 15) is 9.18 Å². The molecule has 1 aliphatic carbocycles. The molecule has 206 valence electrons. The first-order valence-corrected chi connectivity index (χ1v) is 13.6. The molecule has 1 fully saturated rings. The third-order valence-corrected chi connectivity index (χ3v) is 7.67. The highest BCUT2D eigenvalue weighted by atomic mass is 19.1. The van der Waals surface area contributed by atoms with E-state index in [1.807, 2.05) is 32.9 Å². The third-order valence-electron chi connectivity index (χ3n) is 7.67. The lowest BCUT2D eigenvalue weighted by atomic mass is 9.72. The molecular formula is C31H32FN5O3. The Kier molecular flexibility index (Phi) is 6.52. The van der Waals surface area contributed by atoms with Crippen LogP contribution < -0.4 is 15.0 Å². The first-order chi connectivity index (χ1) is 19.2. The van der Waals surface area contributed by atoms with Crippen molar-refractivity contribution in [3.05, 3.63) is 83.8 Å². The van der Waals surface area contributed by atoms with Gasteiger partial charge < -0.3 is 19.7 Å². The summed E-state index contributed by atoms with van der Waals surface area (Å²) in [5.74, 6) is 1.33. The van der Waals surface area contributed by atoms with Crippen LogP contribution in [-0.2, 0) is 11.2 Å². The number of pyridine rings is 1. The fraction of sp³-hybridized carbons (Fsp3) is 0.355. The minimum atomic E-state index is -0.559. The first-order valence-electron chi connectivity index (χ1n) is 13.6. The lowest BCUT2D eigenvalue weighted by molar-refractivity contribution is 0.0428. The predicted molar refractivity (Wildman–Crippen MR) is 150 cm³/mol. The SMILES string of the molecule is CC(C)(C)OC(=O)N[C@@H]1c2ccccc2CC12CCN(c1cnc3nc(Oc4ccc(F)cc4)ccc3n1)CC2. The number of anilines is 1. The van der Waals surface area contributed by atoms with Crippen molar-refractivity contribution < 1.29 is 18.7 Å². The van der Waals surface area contributed by atoms with Crippen LogP contribution in [0.5, 0.6) is 11.6 Å². The van der Waals surface area contributed by atoms with Gasteiger partial charge in [-0.2, -0.15) is 4.98 Å². The van der Waals surface area contributed by atoms with Crippen LogP contribution in [0.15, 0.2) is 66.9 Å². The molecule has 1 saturated heterocycles. The summed E-state index contributed by atoms with van der Waals surface area (Å²) in [5, 5.41) is 3.21. The molecule has 3 heterocycles. The third kappa shape index (κ3) is 5.28. The van der Waals surface area contributed by atoms with Gasteiger partial charge in [0.15, 0.2) is 5.65 Å². The molecule has 1 amide bonds. The molecule has 0 unspecified atom stereocenters. The molecule has 1 N–H and O–H groups in total. The van der Waals surface area contributed by atoms with Gasteiger partial charge in [-0.25, -0.2) is 19.2 Å². The van der Waals surface area contributed by atoms with Gasteiger partial charge in [-0.3, -0.25) is 0 Å². The minimum Gasteiger partial charge on any atom is -0.444 e. The summed E-state index contributed by atoms with van der Waals surface area (Å²) in [4.78, 5) is 28.9. The second-order valence-electron chi connectivity index (χ2n) is 11.6. The smallest absolute Gasteiger partial charge is 0.408 e. The van der Waals surface area contributed by atoms with Crippen LogP contribution in [0.1, 0.15) is 50.8 Å². The summed E-state index contributed by atoms with van der Waals surface area (Å²) in [7, 11) is 0. The molecule has 6 rings (SSSR count). The number of amides is 1. The van der Waals surface area contributed by atoms with Crippen molar-refractivity contribution in [3.63, 3.8) is 0 Å². The number of halogens is 1. The van der Waals surface area contributed by atoms with Crippen molar-refractivity contribution in [1.29, 1.82) is 0 Å². The molecule has 0 bridgehead atoms. The summed E-state index contributed by atoms with van der Waals surface area (Å²) in [6.45, 7) is 7.22. The molecular weight excluding hydrogens is 509 g/mol. The largest absolute Gasteiger partial charge is 0.444 e. The lowest BCUT2D eigenvalue weighted by Crippen LogP contribution is -2.47. The summed E-state index contributed by atoms with van der Waals surface area (Å²) >= 11 is 0. The van der Waals surface area contributed by atoms with E-state index in [0.717, 1.165) is 38.2 Å². The van der Waals surface area contributed by atoms with Gasteiger partial charge in [-0.05, 0) is 81.5 Å². The average molecular weight is 542 g/mol. The Hall–Kier alpha value is -4.27. The van der Waals surface area contributed by atoms with Gasteiger partial charge in [0.1, 0.15) is 28.5 Å².